The van der Waals surface area contributed by atoms with Crippen LogP contribution in [-0.2, 0) is 18.0 Å². The third-order valence-corrected chi connectivity index (χ3v) is 5.76. The lowest BCUT2D eigenvalue weighted by molar-refractivity contribution is -0.121. The lowest BCUT2D eigenvalue weighted by Gasteiger charge is -2.30. The second-order valence-electron chi connectivity index (χ2n) is 7.59. The van der Waals surface area contributed by atoms with E-state index in [9.17, 15) is 4.79 Å². The van der Waals surface area contributed by atoms with Crippen LogP contribution < -0.4 is 5.32 Å². The Morgan fingerprint density at radius 3 is 2.87 bits per heavy atom. The van der Waals surface area contributed by atoms with Gasteiger partial charge in [-0.15, -0.1) is 6.58 Å². The molecule has 1 N–H and O–H groups in total. The molecule has 1 aliphatic heterocycles. The predicted octanol–water partition coefficient (Wildman–Crippen LogP) is 3.27. The molecule has 0 aromatic carbocycles. The number of hydrogen-bond acceptors (Lipinski definition) is 7. The number of amides is 1. The first kappa shape index (κ1) is 21.1. The summed E-state index contributed by atoms with van der Waals surface area (Å²) in [5.74, 6) is 1.84. The van der Waals surface area contributed by atoms with Crippen molar-refractivity contribution in [2.45, 2.75) is 33.0 Å². The maximum atomic E-state index is 12.5. The van der Waals surface area contributed by atoms with Crippen LogP contribution in [0.15, 0.2) is 47.8 Å². The molecule has 3 aromatic rings. The average molecular weight is 440 g/mol. The van der Waals surface area contributed by atoms with E-state index in [1.54, 1.807) is 25.4 Å². The molecular formula is C21H25N7O2S. The fourth-order valence-corrected chi connectivity index (χ4v) is 3.97. The zero-order valence-corrected chi connectivity index (χ0v) is 18.2. The minimum Gasteiger partial charge on any atom is -0.360 e. The number of piperidine rings is 1. The van der Waals surface area contributed by atoms with Crippen molar-refractivity contribution in [3.8, 4) is 11.4 Å². The van der Waals surface area contributed by atoms with E-state index in [1.165, 1.54) is 0 Å². The van der Waals surface area contributed by atoms with E-state index in [0.717, 1.165) is 37.3 Å². The van der Waals surface area contributed by atoms with E-state index in [-0.39, 0.29) is 11.8 Å². The van der Waals surface area contributed by atoms with Gasteiger partial charge in [0.15, 0.2) is 16.4 Å². The smallest absolute Gasteiger partial charge is 0.228 e. The van der Waals surface area contributed by atoms with E-state index in [2.05, 4.69) is 26.9 Å². The number of allylic oxidation sites excluding steroid dienone is 1. The molecule has 4 rings (SSSR count). The Morgan fingerprint density at radius 2 is 2.23 bits per heavy atom. The number of pyridine rings is 1. The molecule has 0 saturated carbocycles. The molecule has 0 spiro atoms. The molecule has 0 radical (unpaired) electrons. The van der Waals surface area contributed by atoms with Crippen molar-refractivity contribution in [3.63, 3.8) is 0 Å². The molecular weight excluding hydrogens is 414 g/mol. The fraction of sp³-hybridized carbons (Fsp3) is 0.381. The molecule has 10 heteroatoms. The number of aryl methyl sites for hydroxylation is 1. The van der Waals surface area contributed by atoms with Crippen molar-refractivity contribution < 1.29 is 9.32 Å². The molecule has 31 heavy (non-hydrogen) atoms. The van der Waals surface area contributed by atoms with Gasteiger partial charge in [-0.2, -0.15) is 5.10 Å². The highest BCUT2D eigenvalue weighted by Crippen LogP contribution is 2.22. The average Bonchev–Trinajstić information content (AvgIpc) is 3.33. The fourth-order valence-electron chi connectivity index (χ4n) is 3.72. The summed E-state index contributed by atoms with van der Waals surface area (Å²) in [5.41, 5.74) is 0.910. The van der Waals surface area contributed by atoms with Crippen molar-refractivity contribution in [2.75, 3.05) is 18.4 Å². The number of carbonyl (C=O) groups is 1. The molecule has 1 fully saturated rings. The molecule has 3 aromatic heterocycles. The van der Waals surface area contributed by atoms with Crippen LogP contribution in [0, 0.1) is 17.6 Å². The SMILES string of the molecule is C=CCn1c(-c2cccnc2)nn(CN2CCC(C(=O)Nc3cc(C)on3)CC2)c1=S. The van der Waals surface area contributed by atoms with Gasteiger partial charge in [-0.25, -0.2) is 4.68 Å². The van der Waals surface area contributed by atoms with E-state index >= 15 is 0 Å². The molecule has 9 nitrogen and oxygen atoms in total. The van der Waals surface area contributed by atoms with Crippen LogP contribution in [0.4, 0.5) is 5.82 Å². The third-order valence-electron chi connectivity index (χ3n) is 5.33. The zero-order valence-electron chi connectivity index (χ0n) is 17.4. The van der Waals surface area contributed by atoms with Gasteiger partial charge in [0, 0.05) is 49.6 Å². The summed E-state index contributed by atoms with van der Waals surface area (Å²) >= 11 is 5.67. The lowest BCUT2D eigenvalue weighted by Crippen LogP contribution is -2.39. The van der Waals surface area contributed by atoms with E-state index in [0.29, 0.717) is 29.6 Å². The largest absolute Gasteiger partial charge is 0.360 e. The number of rotatable bonds is 7. The lowest BCUT2D eigenvalue weighted by atomic mass is 9.96. The number of carbonyl (C=O) groups excluding carboxylic acids is 1. The van der Waals surface area contributed by atoms with Gasteiger partial charge < -0.3 is 9.84 Å². The predicted molar refractivity (Wildman–Crippen MR) is 119 cm³/mol. The Hall–Kier alpha value is -3.11. The first-order valence-corrected chi connectivity index (χ1v) is 10.6. The highest BCUT2D eigenvalue weighted by Gasteiger charge is 2.26. The van der Waals surface area contributed by atoms with Gasteiger partial charge in [0.25, 0.3) is 0 Å². The van der Waals surface area contributed by atoms with Gasteiger partial charge in [-0.3, -0.25) is 19.2 Å². The molecule has 1 amide bonds. The van der Waals surface area contributed by atoms with Crippen LogP contribution in [0.1, 0.15) is 18.6 Å². The summed E-state index contributed by atoms with van der Waals surface area (Å²) in [5, 5.41) is 11.4. The second kappa shape index (κ2) is 9.36. The van der Waals surface area contributed by atoms with Crippen molar-refractivity contribution >= 4 is 23.9 Å². The number of nitrogens with one attached hydrogen (secondary N) is 1. The van der Waals surface area contributed by atoms with Crippen LogP contribution >= 0.6 is 12.2 Å². The van der Waals surface area contributed by atoms with Crippen molar-refractivity contribution in [3.05, 3.63) is 53.8 Å². The van der Waals surface area contributed by atoms with Crippen LogP contribution in [0.25, 0.3) is 11.4 Å². The Balaban J connectivity index is 1.41. The van der Waals surface area contributed by atoms with Crippen LogP contribution in [0.5, 0.6) is 0 Å². The van der Waals surface area contributed by atoms with Gasteiger partial charge in [0.1, 0.15) is 5.76 Å². The zero-order chi connectivity index (χ0) is 21.8. The first-order valence-electron chi connectivity index (χ1n) is 10.2. The quantitative estimate of drug-likeness (QED) is 0.446. The van der Waals surface area contributed by atoms with Gasteiger partial charge in [-0.05, 0) is 44.1 Å². The highest BCUT2D eigenvalue weighted by molar-refractivity contribution is 7.71. The maximum absolute atomic E-state index is 12.5. The van der Waals surface area contributed by atoms with E-state index in [4.69, 9.17) is 21.8 Å². The van der Waals surface area contributed by atoms with Gasteiger partial charge in [0.05, 0.1) is 6.67 Å². The number of nitrogens with zero attached hydrogens (tertiary/aromatic N) is 6. The number of hydrogen-bond donors (Lipinski definition) is 1. The van der Waals surface area contributed by atoms with Crippen LogP contribution in [0.2, 0.25) is 0 Å². The minimum atomic E-state index is -0.0505. The summed E-state index contributed by atoms with van der Waals surface area (Å²) in [6.07, 6.45) is 6.85. The molecule has 0 bridgehead atoms. The normalized spacial score (nSPS) is 15.1. The van der Waals surface area contributed by atoms with Crippen molar-refractivity contribution in [2.24, 2.45) is 5.92 Å². The van der Waals surface area contributed by atoms with E-state index in [1.807, 2.05) is 27.5 Å². The molecule has 0 atom stereocenters. The number of aromatic nitrogens is 5. The third kappa shape index (κ3) is 4.80. The molecule has 0 unspecified atom stereocenters. The Bertz CT molecular complexity index is 1110. The molecule has 1 aliphatic rings. The van der Waals surface area contributed by atoms with Crippen LogP contribution in [0.3, 0.4) is 0 Å². The van der Waals surface area contributed by atoms with Crippen molar-refractivity contribution in [1.82, 2.24) is 29.4 Å². The Labute approximate surface area is 185 Å². The first-order chi connectivity index (χ1) is 15.0. The minimum absolute atomic E-state index is 0.0151. The summed E-state index contributed by atoms with van der Waals surface area (Å²) in [7, 11) is 0. The Morgan fingerprint density at radius 1 is 1.42 bits per heavy atom. The standard InChI is InChI=1S/C21H25N7O2S/c1-3-9-27-19(17-5-4-8-22-13-17)24-28(21(27)31)14-26-10-6-16(7-11-26)20(29)23-18-12-15(2)30-25-18/h3-5,8,12-13,16H,1,6-7,9-11,14H2,2H3,(H,23,25,29). The Kier molecular flexibility index (Phi) is 6.38. The van der Waals surface area contributed by atoms with Crippen LogP contribution in [-0.4, -0.2) is 48.4 Å². The summed E-state index contributed by atoms with van der Waals surface area (Å²) in [4.78, 5) is 19.0. The maximum Gasteiger partial charge on any atom is 0.228 e. The topological polar surface area (TPSA) is 94.0 Å². The second-order valence-corrected chi connectivity index (χ2v) is 7.96. The molecule has 1 saturated heterocycles. The molecule has 0 aliphatic carbocycles. The van der Waals surface area contributed by atoms with E-state index < -0.39 is 0 Å². The number of likely N-dealkylation sites (tertiary alicyclic amines) is 1. The van der Waals surface area contributed by atoms with Gasteiger partial charge >= 0.3 is 0 Å². The summed E-state index contributed by atoms with van der Waals surface area (Å²) in [6, 6.07) is 5.56. The highest BCUT2D eigenvalue weighted by atomic mass is 32.1. The van der Waals surface area contributed by atoms with Gasteiger partial charge in [0.2, 0.25) is 5.91 Å². The molecule has 4 heterocycles. The molecule has 162 valence electrons. The van der Waals surface area contributed by atoms with Crippen molar-refractivity contribution in [1.29, 1.82) is 0 Å². The number of anilines is 1. The monoisotopic (exact) mass is 439 g/mol. The summed E-state index contributed by atoms with van der Waals surface area (Å²) < 4.78 is 9.43. The summed E-state index contributed by atoms with van der Waals surface area (Å²) in [6.45, 7) is 8.35. The van der Waals surface area contributed by atoms with Gasteiger partial charge in [-0.1, -0.05) is 11.2 Å².